The summed E-state index contributed by atoms with van der Waals surface area (Å²) in [6.07, 6.45) is 34.4. The van der Waals surface area contributed by atoms with Crippen molar-refractivity contribution in [2.24, 2.45) is 11.8 Å². The van der Waals surface area contributed by atoms with Crippen molar-refractivity contribution >= 4 is 62.2 Å². The number of aromatic nitrogens is 7. The first kappa shape index (κ1) is 105. The lowest BCUT2D eigenvalue weighted by Gasteiger charge is -2.16. The highest BCUT2D eigenvalue weighted by atomic mass is 32.1. The molecule has 1 saturated carbocycles. The van der Waals surface area contributed by atoms with E-state index in [4.69, 9.17) is 43.0 Å². The molecule has 0 saturated heterocycles. The molecular formula is C116H135N8O14S+7. The number of pyridine rings is 3. The SMILES string of the molecule is C1=[N+](O/C=C/C2CCCCC2)Cc2ccccc21.CC(C)O[n+]1c(-c2ccccc2)oc2ccccc21.CCCC(C)On1ccc[n+]1-c1ccccc1.CCCCC(CC)CO[n+]1ccc(OCC(=O)OC)cc1.CCCCO[n+]1c(-c2ccccc2)sc2cc(C)ccc21.CCCO[n+]1ccc(C(=O)c2ccccc2)cc1.CO[n+]1c(C(C)=O)cc(-c2ccccc2)cc1C(=O)c1ccccc1. The Morgan fingerprint density at radius 1 is 0.525 bits per heavy atom. The molecule has 2 unspecified atom stereocenters. The molecule has 139 heavy (non-hydrogen) atoms. The summed E-state index contributed by atoms with van der Waals surface area (Å²) in [7, 11) is 2.78. The van der Waals surface area contributed by atoms with Crippen molar-refractivity contribution in [3.05, 3.63) is 385 Å². The van der Waals surface area contributed by atoms with Crippen LogP contribution in [0.1, 0.15) is 211 Å². The Balaban J connectivity index is 0.000000156. The highest BCUT2D eigenvalue weighted by molar-refractivity contribution is 7.21. The predicted molar refractivity (Wildman–Crippen MR) is 543 cm³/mol. The van der Waals surface area contributed by atoms with E-state index in [1.165, 1.54) is 104 Å². The van der Waals surface area contributed by atoms with Gasteiger partial charge in [-0.15, -0.1) is 0 Å². The maximum Gasteiger partial charge on any atom is 0.430 e. The zero-order valence-electron chi connectivity index (χ0n) is 82.4. The largest absolute Gasteiger partial charge is 0.481 e. The molecule has 15 aromatic rings. The Bertz CT molecular complexity index is 6290. The Labute approximate surface area is 822 Å². The molecule has 0 bridgehead atoms. The van der Waals surface area contributed by atoms with Gasteiger partial charge >= 0.3 is 33.8 Å². The quantitative estimate of drug-likeness (QED) is 0.0118. The Hall–Kier alpha value is -14.7. The minimum atomic E-state index is -0.398. The van der Waals surface area contributed by atoms with Gasteiger partial charge in [0, 0.05) is 120 Å². The molecule has 7 heterocycles. The number of carbonyl (C=O) groups excluding carboxylic acids is 4. The molecule has 23 heteroatoms. The molecule has 0 amide bonds. The maximum atomic E-state index is 13.0. The molecule has 2 aliphatic rings. The second-order valence-electron chi connectivity index (χ2n) is 33.9. The summed E-state index contributed by atoms with van der Waals surface area (Å²) in [6.45, 7) is 23.4. The number of para-hydroxylation sites is 3. The number of Topliss-reactive ketones (excluding diaryl/α,β-unsaturated/α-hetero) is 1. The van der Waals surface area contributed by atoms with Gasteiger partial charge in [0.1, 0.15) is 29.9 Å². The number of hydrogen-bond donors (Lipinski definition) is 0. The number of oxazole rings is 1. The average Bonchev–Trinajstić information content (AvgIpc) is 1.75. The van der Waals surface area contributed by atoms with E-state index in [-0.39, 0.29) is 36.2 Å². The lowest BCUT2D eigenvalue weighted by molar-refractivity contribution is -0.892. The third kappa shape index (κ3) is 32.5. The van der Waals surface area contributed by atoms with Crippen LogP contribution in [0.4, 0.5) is 0 Å². The van der Waals surface area contributed by atoms with Gasteiger partial charge in [-0.1, -0.05) is 273 Å². The van der Waals surface area contributed by atoms with E-state index in [2.05, 4.69) is 137 Å². The lowest BCUT2D eigenvalue weighted by atomic mass is 9.89. The lowest BCUT2D eigenvalue weighted by Crippen LogP contribution is -2.51. The van der Waals surface area contributed by atoms with Gasteiger partial charge in [-0.05, 0) is 159 Å². The van der Waals surface area contributed by atoms with Crippen LogP contribution in [0.2, 0.25) is 0 Å². The first-order valence-electron chi connectivity index (χ1n) is 48.4. The van der Waals surface area contributed by atoms with E-state index in [1.54, 1.807) is 116 Å². The number of fused-ring (bicyclic) bond motifs is 3. The highest BCUT2D eigenvalue weighted by Crippen LogP contribution is 2.31. The van der Waals surface area contributed by atoms with Gasteiger partial charge < -0.3 is 18.7 Å². The maximum absolute atomic E-state index is 13.0. The smallest absolute Gasteiger partial charge is 0.430 e. The van der Waals surface area contributed by atoms with Crippen molar-refractivity contribution < 1.29 is 100 Å². The number of benzene rings is 9. The number of thiazole rings is 1. The monoisotopic (exact) mass is 1900 g/mol. The number of unbranched alkanes of at least 4 members (excludes halogenated alkanes) is 2. The molecule has 722 valence electrons. The number of hydrogen-bond acceptors (Lipinski definition) is 15. The van der Waals surface area contributed by atoms with E-state index >= 15 is 0 Å². The molecule has 0 N–H and O–H groups in total. The van der Waals surface area contributed by atoms with Gasteiger partial charge in [-0.3, -0.25) is 38.6 Å². The molecular weight excluding hydrogens is 1760 g/mol. The first-order chi connectivity index (χ1) is 67.9. The van der Waals surface area contributed by atoms with Crippen LogP contribution in [0.15, 0.2) is 345 Å². The molecule has 0 radical (unpaired) electrons. The zero-order chi connectivity index (χ0) is 98.3. The van der Waals surface area contributed by atoms with Crippen molar-refractivity contribution in [1.29, 1.82) is 0 Å². The van der Waals surface area contributed by atoms with Crippen molar-refractivity contribution in [3.63, 3.8) is 0 Å². The summed E-state index contributed by atoms with van der Waals surface area (Å²) in [5, 5.41) is 1.16. The average molecular weight is 1900 g/mol. The van der Waals surface area contributed by atoms with Gasteiger partial charge in [0.15, 0.2) is 44.6 Å². The summed E-state index contributed by atoms with van der Waals surface area (Å²) >= 11 is 1.79. The number of hydroxylamine groups is 1. The number of carbonyl (C=O) groups is 4. The molecule has 2 atom stereocenters. The number of ketones is 3. The number of allylic oxidation sites excluding steroid dienone is 1. The normalized spacial score (nSPS) is 12.2. The molecule has 1 aliphatic carbocycles. The minimum absolute atomic E-state index is 0.0261. The summed E-state index contributed by atoms with van der Waals surface area (Å²) in [5.41, 5.74) is 14.3. The number of rotatable bonds is 36. The van der Waals surface area contributed by atoms with Gasteiger partial charge in [0.2, 0.25) is 60.8 Å². The fraction of sp³-hybridized carbons (Fsp3) is 0.302. The van der Waals surface area contributed by atoms with Crippen LogP contribution in [0, 0.1) is 18.8 Å². The molecule has 22 nitrogen and oxygen atoms in total. The van der Waals surface area contributed by atoms with E-state index < -0.39 is 5.97 Å². The van der Waals surface area contributed by atoms with Crippen LogP contribution >= 0.6 is 11.3 Å². The van der Waals surface area contributed by atoms with Crippen molar-refractivity contribution in [2.45, 2.75) is 178 Å². The van der Waals surface area contributed by atoms with Gasteiger partial charge in [0.25, 0.3) is 11.3 Å². The molecule has 9 aromatic carbocycles. The van der Waals surface area contributed by atoms with Gasteiger partial charge in [-0.2, -0.15) is 0 Å². The zero-order valence-corrected chi connectivity index (χ0v) is 83.2. The fourth-order valence-electron chi connectivity index (χ4n) is 15.2. The van der Waals surface area contributed by atoms with Crippen LogP contribution < -0.4 is 62.1 Å². The third-order valence-corrected chi connectivity index (χ3v) is 23.8. The number of nitrogens with zero attached hydrogens (tertiary/aromatic N) is 8. The van der Waals surface area contributed by atoms with Crippen LogP contribution in [0.25, 0.3) is 60.2 Å². The van der Waals surface area contributed by atoms with Crippen LogP contribution in [-0.2, 0) is 20.9 Å². The van der Waals surface area contributed by atoms with Crippen molar-refractivity contribution in [1.82, 2.24) is 4.85 Å². The number of aryl methyl sites for hydroxylation is 1. The Morgan fingerprint density at radius 3 is 1.73 bits per heavy atom. The fourth-order valence-corrected chi connectivity index (χ4v) is 16.4. The topological polar surface area (TPSA) is 196 Å². The van der Waals surface area contributed by atoms with E-state index in [0.717, 1.165) is 107 Å². The predicted octanol–water partition coefficient (Wildman–Crippen LogP) is 21.0. The second-order valence-corrected chi connectivity index (χ2v) is 34.9. The van der Waals surface area contributed by atoms with E-state index in [0.29, 0.717) is 53.0 Å². The molecule has 0 spiro atoms. The molecule has 1 fully saturated rings. The molecule has 1 aliphatic heterocycles. The van der Waals surface area contributed by atoms with Crippen LogP contribution in [0.5, 0.6) is 5.75 Å². The van der Waals surface area contributed by atoms with Gasteiger partial charge in [0.05, 0.1) is 28.5 Å². The summed E-state index contributed by atoms with van der Waals surface area (Å²) < 4.78 is 29.2. The standard InChI is InChI=1S/C21H18NO3.C18H20NOS.C16H26NO4.C16H16NO2.C16H20NO.C15H16NO2.C14H19N2O/c1-15(23)19-13-18(16-9-5-3-6-10-16)14-20(22(19)25-2)21(24)17-11-7-4-8-12-17;1-3-4-12-20-19-16-11-10-14(2)13-17(16)21-18(19)15-8-6-5-7-9-15;1-4-6-7-14(5-2)12-21-17-10-8-15(9-11-17)20-13-16(18)19-3;1-12(2)19-17-14-10-6-7-11-15(14)18-16(17)13-8-4-3-5-9-13;1-2-6-14(7-3-1)10-11-18-17-12-15-8-4-5-9-16(15)13-17;1-2-12-18-16-10-8-14(9-11-16)15(17)13-6-4-3-5-7-13;1-3-8-13(2)17-16-12-7-11-15(16)14-9-5-4-6-10-14/h3-14H,1-2H3;5-11,13H,3-4,12H2,1-2H3;8-11,14H,4-7,12-13H2,1-3H3;3-12H,1-2H3;4-5,8-12,14H,1-3,6-7,13H2;3-11H,2,12H2,1H3;4-7,9-13H,3,8H2,1-2H3/q7*+1/b;;;;11-10+;;. The second kappa shape index (κ2) is 56.7. The minimum Gasteiger partial charge on any atom is -0.481 e. The summed E-state index contributed by atoms with van der Waals surface area (Å²) in [4.78, 5) is 89.9. The van der Waals surface area contributed by atoms with E-state index in [9.17, 15) is 19.2 Å². The van der Waals surface area contributed by atoms with Crippen LogP contribution in [0.3, 0.4) is 0 Å². The Kier molecular flexibility index (Phi) is 42.8. The first-order valence-corrected chi connectivity index (χ1v) is 49.2. The van der Waals surface area contributed by atoms with Crippen molar-refractivity contribution in [2.75, 3.05) is 40.6 Å². The van der Waals surface area contributed by atoms with Gasteiger partial charge in [-0.25, -0.2) is 9.63 Å². The number of ether oxygens (including phenoxy) is 2. The third-order valence-electron chi connectivity index (χ3n) is 22.6. The van der Waals surface area contributed by atoms with E-state index in [1.807, 2.05) is 205 Å². The Morgan fingerprint density at radius 2 is 1.12 bits per heavy atom. The summed E-state index contributed by atoms with van der Waals surface area (Å²) in [5.74, 6) is 1.89. The molecule has 6 aromatic heterocycles. The van der Waals surface area contributed by atoms with Crippen molar-refractivity contribution in [3.8, 4) is 44.6 Å². The molecule has 17 rings (SSSR count). The summed E-state index contributed by atoms with van der Waals surface area (Å²) in [6, 6.07) is 93.8. The van der Waals surface area contributed by atoms with Crippen LogP contribution in [-0.4, -0.2) is 92.0 Å². The number of methoxy groups -OCH3 is 1. The number of esters is 1. The highest BCUT2D eigenvalue weighted by Gasteiger charge is 2.33.